The van der Waals surface area contributed by atoms with Gasteiger partial charge in [-0.15, -0.1) is 0 Å². The predicted octanol–water partition coefficient (Wildman–Crippen LogP) is 3.05. The smallest absolute Gasteiger partial charge is 0.422 e. The highest BCUT2D eigenvalue weighted by atomic mass is 19.4. The summed E-state index contributed by atoms with van der Waals surface area (Å²) in [5.41, 5.74) is 0.888. The summed E-state index contributed by atoms with van der Waals surface area (Å²) in [4.78, 5) is 3.77. The maximum absolute atomic E-state index is 12.0. The molecule has 6 heteroatoms. The van der Waals surface area contributed by atoms with E-state index in [-0.39, 0.29) is 5.88 Å². The Morgan fingerprint density at radius 2 is 2.05 bits per heavy atom. The number of alkyl halides is 3. The van der Waals surface area contributed by atoms with Gasteiger partial charge in [0.2, 0.25) is 5.88 Å². The summed E-state index contributed by atoms with van der Waals surface area (Å²) >= 11 is 0. The molecular weight excluding hydrogens is 257 g/mol. The van der Waals surface area contributed by atoms with Crippen molar-refractivity contribution < 1.29 is 17.9 Å². The summed E-state index contributed by atoms with van der Waals surface area (Å²) in [5, 5.41) is 3.39. The van der Waals surface area contributed by atoms with Crippen molar-refractivity contribution >= 4 is 0 Å². The fourth-order valence-corrected chi connectivity index (χ4v) is 2.19. The number of pyridine rings is 1. The van der Waals surface area contributed by atoms with E-state index in [4.69, 9.17) is 0 Å². The van der Waals surface area contributed by atoms with E-state index in [0.717, 1.165) is 5.56 Å². The van der Waals surface area contributed by atoms with Crippen LogP contribution in [-0.4, -0.2) is 23.8 Å². The number of nitrogens with one attached hydrogen (secondary N) is 1. The van der Waals surface area contributed by atoms with Gasteiger partial charge in [0.25, 0.3) is 0 Å². The molecule has 1 aromatic rings. The number of hydrogen-bond acceptors (Lipinski definition) is 3. The molecule has 1 fully saturated rings. The van der Waals surface area contributed by atoms with Gasteiger partial charge in [-0.3, -0.25) is 0 Å². The minimum atomic E-state index is -4.33. The van der Waals surface area contributed by atoms with Gasteiger partial charge in [-0.1, -0.05) is 12.8 Å². The Bertz CT molecular complexity index is 403. The maximum Gasteiger partial charge on any atom is 0.422 e. The van der Waals surface area contributed by atoms with Gasteiger partial charge in [-0.25, -0.2) is 4.98 Å². The third kappa shape index (κ3) is 5.06. The van der Waals surface area contributed by atoms with Crippen LogP contribution in [0.15, 0.2) is 18.3 Å². The summed E-state index contributed by atoms with van der Waals surface area (Å²) in [6, 6.07) is 3.85. The lowest BCUT2D eigenvalue weighted by atomic mass is 10.2. The highest BCUT2D eigenvalue weighted by Crippen LogP contribution is 2.19. The van der Waals surface area contributed by atoms with Gasteiger partial charge in [-0.2, -0.15) is 13.2 Å². The largest absolute Gasteiger partial charge is 0.468 e. The molecule has 0 bridgehead atoms. The lowest BCUT2D eigenvalue weighted by molar-refractivity contribution is -0.154. The van der Waals surface area contributed by atoms with E-state index in [1.807, 2.05) is 0 Å². The van der Waals surface area contributed by atoms with Crippen molar-refractivity contribution in [2.45, 2.75) is 44.4 Å². The van der Waals surface area contributed by atoms with E-state index in [2.05, 4.69) is 15.0 Å². The van der Waals surface area contributed by atoms with Crippen molar-refractivity contribution in [2.24, 2.45) is 0 Å². The number of halogens is 3. The SMILES string of the molecule is FC(F)(F)COc1cc(CNC2CCCC2)ccn1. The second kappa shape index (κ2) is 6.23. The van der Waals surface area contributed by atoms with Gasteiger partial charge < -0.3 is 10.1 Å². The molecule has 3 nitrogen and oxygen atoms in total. The van der Waals surface area contributed by atoms with Gasteiger partial charge in [0.15, 0.2) is 6.61 Å². The molecule has 1 heterocycles. The van der Waals surface area contributed by atoms with Crippen LogP contribution in [0.5, 0.6) is 5.88 Å². The average Bonchev–Trinajstić information content (AvgIpc) is 2.87. The van der Waals surface area contributed by atoms with Gasteiger partial charge in [-0.05, 0) is 24.5 Å². The van der Waals surface area contributed by atoms with Crippen molar-refractivity contribution in [1.82, 2.24) is 10.3 Å². The molecule has 1 aliphatic carbocycles. The summed E-state index contributed by atoms with van der Waals surface area (Å²) in [5.74, 6) is 0.0167. The molecule has 2 rings (SSSR count). The average molecular weight is 274 g/mol. The monoisotopic (exact) mass is 274 g/mol. The molecule has 106 valence electrons. The predicted molar refractivity (Wildman–Crippen MR) is 64.9 cm³/mol. The molecule has 0 saturated heterocycles. The molecule has 0 unspecified atom stereocenters. The molecule has 0 atom stereocenters. The number of aromatic nitrogens is 1. The van der Waals surface area contributed by atoms with E-state index in [1.165, 1.54) is 31.9 Å². The lowest BCUT2D eigenvalue weighted by Crippen LogP contribution is -2.25. The summed E-state index contributed by atoms with van der Waals surface area (Å²) in [6.07, 6.45) is 1.96. The second-order valence-corrected chi connectivity index (χ2v) is 4.77. The third-order valence-corrected chi connectivity index (χ3v) is 3.13. The molecule has 0 aromatic carbocycles. The Labute approximate surface area is 110 Å². The molecule has 19 heavy (non-hydrogen) atoms. The summed E-state index contributed by atoms with van der Waals surface area (Å²) in [6.45, 7) is -0.672. The zero-order valence-electron chi connectivity index (χ0n) is 10.5. The Kier molecular flexibility index (Phi) is 4.63. The Hall–Kier alpha value is -1.30. The van der Waals surface area contributed by atoms with Gasteiger partial charge in [0, 0.05) is 24.8 Å². The van der Waals surface area contributed by atoms with Crippen LogP contribution in [0.4, 0.5) is 13.2 Å². The summed E-state index contributed by atoms with van der Waals surface area (Å²) in [7, 11) is 0. The second-order valence-electron chi connectivity index (χ2n) is 4.77. The van der Waals surface area contributed by atoms with Crippen LogP contribution >= 0.6 is 0 Å². The van der Waals surface area contributed by atoms with E-state index in [0.29, 0.717) is 12.6 Å². The van der Waals surface area contributed by atoms with Crippen LogP contribution < -0.4 is 10.1 Å². The lowest BCUT2D eigenvalue weighted by Gasteiger charge is -2.12. The first kappa shape index (κ1) is 14.1. The normalized spacial score (nSPS) is 16.8. The first-order chi connectivity index (χ1) is 9.03. The van der Waals surface area contributed by atoms with Crippen LogP contribution in [0, 0.1) is 0 Å². The van der Waals surface area contributed by atoms with E-state index >= 15 is 0 Å². The Morgan fingerprint density at radius 1 is 1.32 bits per heavy atom. The molecule has 0 aliphatic heterocycles. The van der Waals surface area contributed by atoms with Crippen molar-refractivity contribution in [1.29, 1.82) is 0 Å². The van der Waals surface area contributed by atoms with E-state index < -0.39 is 12.8 Å². The zero-order valence-corrected chi connectivity index (χ0v) is 10.5. The molecule has 0 amide bonds. The highest BCUT2D eigenvalue weighted by molar-refractivity contribution is 5.20. The zero-order chi connectivity index (χ0) is 13.7. The number of hydrogen-bond donors (Lipinski definition) is 1. The van der Waals surface area contributed by atoms with Crippen LogP contribution in [-0.2, 0) is 6.54 Å². The first-order valence-electron chi connectivity index (χ1n) is 6.41. The molecule has 1 saturated carbocycles. The minimum absolute atomic E-state index is 0.0167. The maximum atomic E-state index is 12.0. The molecular formula is C13H17F3N2O. The quantitative estimate of drug-likeness (QED) is 0.896. The Balaban J connectivity index is 1.84. The van der Waals surface area contributed by atoms with Gasteiger partial charge in [0.05, 0.1) is 0 Å². The van der Waals surface area contributed by atoms with Crippen molar-refractivity contribution in [3.8, 4) is 5.88 Å². The molecule has 0 radical (unpaired) electrons. The molecule has 0 spiro atoms. The molecule has 1 aliphatic rings. The first-order valence-corrected chi connectivity index (χ1v) is 6.41. The number of nitrogens with zero attached hydrogens (tertiary/aromatic N) is 1. The van der Waals surface area contributed by atoms with Crippen molar-refractivity contribution in [2.75, 3.05) is 6.61 Å². The number of ether oxygens (including phenoxy) is 1. The van der Waals surface area contributed by atoms with Gasteiger partial charge in [0.1, 0.15) is 0 Å². The van der Waals surface area contributed by atoms with Crippen molar-refractivity contribution in [3.05, 3.63) is 23.9 Å². The standard InChI is InChI=1S/C13H17F3N2O/c14-13(15,16)9-19-12-7-10(5-6-17-12)8-18-11-3-1-2-4-11/h5-7,11,18H,1-4,8-9H2. The molecule has 1 N–H and O–H groups in total. The van der Waals surface area contributed by atoms with E-state index in [9.17, 15) is 13.2 Å². The minimum Gasteiger partial charge on any atom is -0.468 e. The number of rotatable bonds is 5. The summed E-state index contributed by atoms with van der Waals surface area (Å²) < 4.78 is 40.7. The van der Waals surface area contributed by atoms with Crippen molar-refractivity contribution in [3.63, 3.8) is 0 Å². The molecule has 1 aromatic heterocycles. The third-order valence-electron chi connectivity index (χ3n) is 3.13. The fraction of sp³-hybridized carbons (Fsp3) is 0.615. The van der Waals surface area contributed by atoms with E-state index in [1.54, 1.807) is 12.1 Å². The van der Waals surface area contributed by atoms with Crippen LogP contribution in [0.1, 0.15) is 31.2 Å². The van der Waals surface area contributed by atoms with Gasteiger partial charge >= 0.3 is 6.18 Å². The fourth-order valence-electron chi connectivity index (χ4n) is 2.19. The van der Waals surface area contributed by atoms with Crippen LogP contribution in [0.2, 0.25) is 0 Å². The van der Waals surface area contributed by atoms with Crippen LogP contribution in [0.3, 0.4) is 0 Å². The highest BCUT2D eigenvalue weighted by Gasteiger charge is 2.28. The topological polar surface area (TPSA) is 34.1 Å². The Morgan fingerprint density at radius 3 is 2.74 bits per heavy atom. The van der Waals surface area contributed by atoms with Crippen LogP contribution in [0.25, 0.3) is 0 Å².